The van der Waals surface area contributed by atoms with Crippen LogP contribution < -0.4 is 10.5 Å². The van der Waals surface area contributed by atoms with Crippen molar-refractivity contribution in [3.63, 3.8) is 0 Å². The molecule has 0 bridgehead atoms. The fourth-order valence-corrected chi connectivity index (χ4v) is 3.83. The first-order chi connectivity index (χ1) is 9.27. The van der Waals surface area contributed by atoms with Crippen LogP contribution in [0.4, 0.5) is 0 Å². The molecule has 0 unspecified atom stereocenters. The summed E-state index contributed by atoms with van der Waals surface area (Å²) in [5.74, 6) is -0.173. The van der Waals surface area contributed by atoms with Crippen LogP contribution in [0.3, 0.4) is 0 Å². The SMILES string of the molecule is CC(C)OCCS(=O)(=O)NC1(C(=N)N)CCCCCC1. The molecule has 118 valence electrons. The molecule has 1 fully saturated rings. The van der Waals surface area contributed by atoms with Crippen molar-refractivity contribution in [3.8, 4) is 0 Å². The van der Waals surface area contributed by atoms with E-state index in [1.165, 1.54) is 0 Å². The number of hydrogen-bond acceptors (Lipinski definition) is 4. The lowest BCUT2D eigenvalue weighted by atomic mass is 9.90. The predicted molar refractivity (Wildman–Crippen MR) is 80.4 cm³/mol. The topological polar surface area (TPSA) is 105 Å². The maximum Gasteiger partial charge on any atom is 0.214 e. The molecule has 6 nitrogen and oxygen atoms in total. The maximum absolute atomic E-state index is 12.2. The minimum Gasteiger partial charge on any atom is -0.386 e. The Kier molecular flexibility index (Phi) is 6.42. The van der Waals surface area contributed by atoms with Gasteiger partial charge in [0.25, 0.3) is 0 Å². The lowest BCUT2D eigenvalue weighted by Crippen LogP contribution is -2.57. The Hall–Kier alpha value is -0.660. The molecule has 0 spiro atoms. The molecule has 1 saturated carbocycles. The zero-order valence-electron chi connectivity index (χ0n) is 12.4. The zero-order chi connectivity index (χ0) is 15.2. The van der Waals surface area contributed by atoms with Crippen LogP contribution in [-0.2, 0) is 14.8 Å². The molecule has 0 heterocycles. The minimum absolute atomic E-state index is 0.00449. The average Bonchev–Trinajstić information content (AvgIpc) is 2.54. The van der Waals surface area contributed by atoms with Crippen LogP contribution in [-0.4, -0.2) is 38.3 Å². The highest BCUT2D eigenvalue weighted by Gasteiger charge is 2.37. The number of ether oxygens (including phenoxy) is 1. The minimum atomic E-state index is -3.49. The van der Waals surface area contributed by atoms with Crippen LogP contribution in [0.2, 0.25) is 0 Å². The van der Waals surface area contributed by atoms with Crippen LogP contribution in [0.25, 0.3) is 0 Å². The van der Waals surface area contributed by atoms with Gasteiger partial charge < -0.3 is 10.5 Å². The van der Waals surface area contributed by atoms with Gasteiger partial charge in [-0.05, 0) is 26.7 Å². The molecule has 0 amide bonds. The summed E-state index contributed by atoms with van der Waals surface area (Å²) >= 11 is 0. The fourth-order valence-electron chi connectivity index (χ4n) is 2.50. The maximum atomic E-state index is 12.2. The van der Waals surface area contributed by atoms with E-state index in [-0.39, 0.29) is 24.3 Å². The first-order valence-electron chi connectivity index (χ1n) is 7.25. The van der Waals surface area contributed by atoms with Crippen LogP contribution in [0.1, 0.15) is 52.4 Å². The summed E-state index contributed by atoms with van der Waals surface area (Å²) in [6, 6.07) is 0. The molecule has 20 heavy (non-hydrogen) atoms. The van der Waals surface area contributed by atoms with Crippen LogP contribution in [0.5, 0.6) is 0 Å². The Bertz CT molecular complexity index is 413. The molecule has 0 aromatic heterocycles. The monoisotopic (exact) mass is 305 g/mol. The van der Waals surface area contributed by atoms with Crippen LogP contribution in [0, 0.1) is 5.41 Å². The van der Waals surface area contributed by atoms with Crippen molar-refractivity contribution in [3.05, 3.63) is 0 Å². The Labute approximate surface area is 122 Å². The number of nitrogens with one attached hydrogen (secondary N) is 2. The molecule has 1 rings (SSSR count). The number of rotatable bonds is 7. The van der Waals surface area contributed by atoms with Gasteiger partial charge in [-0.25, -0.2) is 13.1 Å². The quantitative estimate of drug-likeness (QED) is 0.375. The van der Waals surface area contributed by atoms with Gasteiger partial charge in [-0.15, -0.1) is 0 Å². The number of amidine groups is 1. The highest BCUT2D eigenvalue weighted by Crippen LogP contribution is 2.27. The molecule has 0 aromatic rings. The summed E-state index contributed by atoms with van der Waals surface area (Å²) in [6.45, 7) is 3.88. The number of sulfonamides is 1. The van der Waals surface area contributed by atoms with Crippen molar-refractivity contribution in [1.82, 2.24) is 4.72 Å². The Morgan fingerprint density at radius 1 is 1.30 bits per heavy atom. The standard InChI is InChI=1S/C13H27N3O3S/c1-11(2)19-9-10-20(17,18)16-13(12(14)15)7-5-3-4-6-8-13/h11,16H,3-10H2,1-2H3,(H3,14,15). The third kappa shape index (κ3) is 5.38. The van der Waals surface area contributed by atoms with Gasteiger partial charge in [0.2, 0.25) is 10.0 Å². The molecule has 0 aliphatic heterocycles. The van der Waals surface area contributed by atoms with Gasteiger partial charge in [-0.2, -0.15) is 0 Å². The van der Waals surface area contributed by atoms with Crippen molar-refractivity contribution in [2.75, 3.05) is 12.4 Å². The van der Waals surface area contributed by atoms with Crippen molar-refractivity contribution < 1.29 is 13.2 Å². The summed E-state index contributed by atoms with van der Waals surface area (Å²) in [6.07, 6.45) is 5.12. The smallest absolute Gasteiger partial charge is 0.214 e. The van der Waals surface area contributed by atoms with E-state index in [4.69, 9.17) is 15.9 Å². The molecule has 0 radical (unpaired) electrons. The summed E-state index contributed by atoms with van der Waals surface area (Å²) in [7, 11) is -3.49. The number of hydrogen-bond donors (Lipinski definition) is 3. The largest absolute Gasteiger partial charge is 0.386 e. The molecular formula is C13H27N3O3S. The lowest BCUT2D eigenvalue weighted by Gasteiger charge is -2.32. The van der Waals surface area contributed by atoms with E-state index in [2.05, 4.69) is 4.72 Å². The van der Waals surface area contributed by atoms with E-state index in [9.17, 15) is 8.42 Å². The van der Waals surface area contributed by atoms with Gasteiger partial charge in [0, 0.05) is 0 Å². The summed E-state index contributed by atoms with van der Waals surface area (Å²) < 4.78 is 32.3. The highest BCUT2D eigenvalue weighted by atomic mass is 32.2. The molecule has 0 aromatic carbocycles. The first kappa shape index (κ1) is 17.4. The normalized spacial score (nSPS) is 19.8. The Morgan fingerprint density at radius 3 is 2.30 bits per heavy atom. The van der Waals surface area contributed by atoms with Crippen molar-refractivity contribution in [1.29, 1.82) is 5.41 Å². The van der Waals surface area contributed by atoms with Crippen molar-refractivity contribution in [2.24, 2.45) is 5.73 Å². The van der Waals surface area contributed by atoms with Gasteiger partial charge >= 0.3 is 0 Å². The molecular weight excluding hydrogens is 278 g/mol. The third-order valence-corrected chi connectivity index (χ3v) is 5.03. The van der Waals surface area contributed by atoms with Gasteiger partial charge in [0.1, 0.15) is 5.84 Å². The second-order valence-electron chi connectivity index (χ2n) is 5.75. The van der Waals surface area contributed by atoms with Gasteiger partial charge in [0.15, 0.2) is 0 Å². The summed E-state index contributed by atoms with van der Waals surface area (Å²) in [5, 5.41) is 7.78. The third-order valence-electron chi connectivity index (χ3n) is 3.63. The summed E-state index contributed by atoms with van der Waals surface area (Å²) in [5.41, 5.74) is 4.79. The molecule has 7 heteroatoms. The molecule has 0 atom stereocenters. The first-order valence-corrected chi connectivity index (χ1v) is 8.90. The van der Waals surface area contributed by atoms with Gasteiger partial charge in [-0.1, -0.05) is 25.7 Å². The van der Waals surface area contributed by atoms with E-state index >= 15 is 0 Å². The van der Waals surface area contributed by atoms with Gasteiger partial charge in [-0.3, -0.25) is 5.41 Å². The van der Waals surface area contributed by atoms with E-state index in [0.29, 0.717) is 12.8 Å². The molecule has 1 aliphatic carbocycles. The van der Waals surface area contributed by atoms with E-state index in [0.717, 1.165) is 25.7 Å². The van der Waals surface area contributed by atoms with Gasteiger partial charge in [0.05, 0.1) is 24.0 Å². The van der Waals surface area contributed by atoms with Crippen molar-refractivity contribution >= 4 is 15.9 Å². The van der Waals surface area contributed by atoms with Crippen LogP contribution in [0.15, 0.2) is 0 Å². The van der Waals surface area contributed by atoms with E-state index in [1.54, 1.807) is 0 Å². The fraction of sp³-hybridized carbons (Fsp3) is 0.923. The number of nitrogens with two attached hydrogens (primary N) is 1. The second kappa shape index (κ2) is 7.38. The highest BCUT2D eigenvalue weighted by molar-refractivity contribution is 7.89. The second-order valence-corrected chi connectivity index (χ2v) is 7.59. The molecule has 4 N–H and O–H groups in total. The van der Waals surface area contributed by atoms with E-state index < -0.39 is 15.6 Å². The summed E-state index contributed by atoms with van der Waals surface area (Å²) in [4.78, 5) is 0. The Balaban J connectivity index is 2.71. The average molecular weight is 305 g/mol. The zero-order valence-corrected chi connectivity index (χ0v) is 13.3. The predicted octanol–water partition coefficient (Wildman–Crippen LogP) is 1.36. The van der Waals surface area contributed by atoms with Crippen LogP contribution >= 0.6 is 0 Å². The lowest BCUT2D eigenvalue weighted by molar-refractivity contribution is 0.0911. The molecule has 0 saturated heterocycles. The van der Waals surface area contributed by atoms with E-state index in [1.807, 2.05) is 13.8 Å². The molecule has 1 aliphatic rings. The van der Waals surface area contributed by atoms with Crippen molar-refractivity contribution in [2.45, 2.75) is 64.0 Å². The Morgan fingerprint density at radius 2 is 1.85 bits per heavy atom.